The number of nitrogens with zero attached hydrogens (tertiary/aromatic N) is 4. The van der Waals surface area contributed by atoms with Gasteiger partial charge in [-0.25, -0.2) is 37.4 Å². The summed E-state index contributed by atoms with van der Waals surface area (Å²) in [5, 5.41) is 0.101. The highest BCUT2D eigenvalue weighted by atomic mass is 32.2. The molecule has 0 aliphatic carbocycles. The molecule has 1 saturated heterocycles. The monoisotopic (exact) mass is 515 g/mol. The molecule has 1 N–H and O–H groups in total. The summed E-state index contributed by atoms with van der Waals surface area (Å²) in [5.41, 5.74) is 3.12. The van der Waals surface area contributed by atoms with Gasteiger partial charge in [-0.3, -0.25) is 4.68 Å². The Hall–Kier alpha value is -3.94. The number of amides is 1. The van der Waals surface area contributed by atoms with Crippen molar-refractivity contribution in [2.45, 2.75) is 4.90 Å². The second kappa shape index (κ2) is 9.60. The fraction of sp³-hybridized carbons (Fsp3) is 0.174. The maximum Gasteiger partial charge on any atom is 0.432 e. The number of rotatable bonds is 5. The molecule has 2 aromatic heterocycles. The van der Waals surface area contributed by atoms with Crippen molar-refractivity contribution >= 4 is 27.0 Å². The molecule has 5 rings (SSSR count). The fourth-order valence-electron chi connectivity index (χ4n) is 3.77. The zero-order chi connectivity index (χ0) is 25.3. The average molecular weight is 515 g/mol. The van der Waals surface area contributed by atoms with E-state index >= 15 is 0 Å². The zero-order valence-corrected chi connectivity index (χ0v) is 19.4. The van der Waals surface area contributed by atoms with Gasteiger partial charge in [-0.1, -0.05) is 12.1 Å². The van der Waals surface area contributed by atoms with Crippen molar-refractivity contribution in [1.82, 2.24) is 18.9 Å². The normalized spacial score (nSPS) is 14.6. The molecule has 2 aromatic carbocycles. The Balaban J connectivity index is 1.38. The van der Waals surface area contributed by atoms with Crippen LogP contribution in [0.3, 0.4) is 0 Å². The zero-order valence-electron chi connectivity index (χ0n) is 18.6. The molecule has 36 heavy (non-hydrogen) atoms. The average Bonchev–Trinajstić information content (AvgIpc) is 3.23. The third kappa shape index (κ3) is 4.76. The summed E-state index contributed by atoms with van der Waals surface area (Å²) in [6.45, 7) is 0.810. The summed E-state index contributed by atoms with van der Waals surface area (Å²) in [5.74, 6) is -0.837. The van der Waals surface area contributed by atoms with Crippen LogP contribution < -0.4 is 10.2 Å². The number of fused-ring (bicyclic) bond motifs is 1. The number of ether oxygens (including phenoxy) is 2. The van der Waals surface area contributed by atoms with E-state index in [4.69, 9.17) is 9.47 Å². The van der Waals surface area contributed by atoms with Crippen LogP contribution in [-0.2, 0) is 14.8 Å². The first-order valence-electron chi connectivity index (χ1n) is 10.8. The standard InChI is InChI=1S/C23H19F2N5O5S/c24-16-3-1-2-15(10-16)22-26-12-18(13-27-22)35-23(31)28-30-14-21(19-11-17(25)4-5-20(19)30)36(32,33)29-6-8-34-9-7-29/h1-5,10-14H,6-9H2,(H,28,31). The number of benzene rings is 2. The van der Waals surface area contributed by atoms with Crippen LogP contribution in [-0.4, -0.2) is 59.8 Å². The number of carbonyl (C=O) groups excluding carboxylic acids is 1. The van der Waals surface area contributed by atoms with Crippen molar-refractivity contribution in [3.05, 3.63) is 72.7 Å². The lowest BCUT2D eigenvalue weighted by atomic mass is 10.2. The molecule has 0 atom stereocenters. The highest BCUT2D eigenvalue weighted by Crippen LogP contribution is 2.29. The van der Waals surface area contributed by atoms with E-state index in [1.807, 2.05) is 0 Å². The van der Waals surface area contributed by atoms with Crippen LogP contribution in [0, 0.1) is 11.6 Å². The van der Waals surface area contributed by atoms with E-state index in [2.05, 4.69) is 15.4 Å². The Kier molecular flexibility index (Phi) is 6.35. The molecule has 10 nitrogen and oxygen atoms in total. The van der Waals surface area contributed by atoms with Gasteiger partial charge in [0.05, 0.1) is 31.1 Å². The first kappa shape index (κ1) is 23.8. The molecular formula is C23H19F2N5O5S. The van der Waals surface area contributed by atoms with Gasteiger partial charge in [-0.05, 0) is 30.3 Å². The molecule has 3 heterocycles. The maximum absolute atomic E-state index is 14.0. The van der Waals surface area contributed by atoms with E-state index in [0.717, 1.165) is 16.8 Å². The van der Waals surface area contributed by atoms with Gasteiger partial charge >= 0.3 is 6.09 Å². The summed E-state index contributed by atoms with van der Waals surface area (Å²) in [6, 6.07) is 9.30. The molecular weight excluding hydrogens is 496 g/mol. The van der Waals surface area contributed by atoms with E-state index in [1.165, 1.54) is 47.2 Å². The molecule has 13 heteroatoms. The van der Waals surface area contributed by atoms with Crippen molar-refractivity contribution in [2.75, 3.05) is 31.7 Å². The van der Waals surface area contributed by atoms with Gasteiger partial charge in [0.15, 0.2) is 11.6 Å². The van der Waals surface area contributed by atoms with Crippen LogP contribution in [0.2, 0.25) is 0 Å². The number of aromatic nitrogens is 3. The lowest BCUT2D eigenvalue weighted by molar-refractivity contribution is 0.0730. The Morgan fingerprint density at radius 3 is 2.47 bits per heavy atom. The first-order chi connectivity index (χ1) is 17.3. The molecule has 186 valence electrons. The Morgan fingerprint density at radius 1 is 1.03 bits per heavy atom. The van der Waals surface area contributed by atoms with Crippen LogP contribution in [0.5, 0.6) is 5.75 Å². The second-order valence-electron chi connectivity index (χ2n) is 7.80. The second-order valence-corrected chi connectivity index (χ2v) is 9.70. The van der Waals surface area contributed by atoms with Gasteiger partial charge in [0, 0.05) is 30.2 Å². The maximum atomic E-state index is 14.0. The molecule has 1 fully saturated rings. The van der Waals surface area contributed by atoms with E-state index in [0.29, 0.717) is 5.56 Å². The Morgan fingerprint density at radius 2 is 1.75 bits per heavy atom. The van der Waals surface area contributed by atoms with Crippen molar-refractivity contribution in [3.8, 4) is 17.1 Å². The summed E-state index contributed by atoms with van der Waals surface area (Å²) in [6.07, 6.45) is 2.71. The molecule has 0 radical (unpaired) electrons. The molecule has 0 unspecified atom stereocenters. The molecule has 4 aromatic rings. The van der Waals surface area contributed by atoms with Crippen LogP contribution in [0.4, 0.5) is 13.6 Å². The highest BCUT2D eigenvalue weighted by Gasteiger charge is 2.30. The number of hydrogen-bond acceptors (Lipinski definition) is 7. The predicted octanol–water partition coefficient (Wildman–Crippen LogP) is 3.14. The lowest BCUT2D eigenvalue weighted by Gasteiger charge is -2.25. The molecule has 0 spiro atoms. The Bertz CT molecular complexity index is 1540. The van der Waals surface area contributed by atoms with E-state index < -0.39 is 27.8 Å². The third-order valence-corrected chi connectivity index (χ3v) is 7.38. The fourth-order valence-corrected chi connectivity index (χ4v) is 5.36. The van der Waals surface area contributed by atoms with Crippen molar-refractivity contribution < 1.29 is 31.5 Å². The van der Waals surface area contributed by atoms with Gasteiger partial charge in [0.25, 0.3) is 0 Å². The summed E-state index contributed by atoms with van der Waals surface area (Å²) in [4.78, 5) is 20.5. The lowest BCUT2D eigenvalue weighted by Crippen LogP contribution is -2.40. The molecule has 0 saturated carbocycles. The number of halogens is 2. The van der Waals surface area contributed by atoms with Gasteiger partial charge in [0.1, 0.15) is 16.5 Å². The summed E-state index contributed by atoms with van der Waals surface area (Å²) < 4.78 is 66.7. The largest absolute Gasteiger partial charge is 0.432 e. The first-order valence-corrected chi connectivity index (χ1v) is 12.2. The van der Waals surface area contributed by atoms with Crippen LogP contribution in [0.25, 0.3) is 22.3 Å². The van der Waals surface area contributed by atoms with Crippen molar-refractivity contribution in [3.63, 3.8) is 0 Å². The van der Waals surface area contributed by atoms with Crippen LogP contribution in [0.1, 0.15) is 0 Å². The summed E-state index contributed by atoms with van der Waals surface area (Å²) >= 11 is 0. The van der Waals surface area contributed by atoms with Gasteiger partial charge in [-0.15, -0.1) is 0 Å². The smallest absolute Gasteiger partial charge is 0.406 e. The number of sulfonamides is 1. The molecule has 1 aliphatic heterocycles. The minimum Gasteiger partial charge on any atom is -0.406 e. The van der Waals surface area contributed by atoms with Crippen LogP contribution >= 0.6 is 0 Å². The van der Waals surface area contributed by atoms with E-state index in [9.17, 15) is 22.0 Å². The van der Waals surface area contributed by atoms with E-state index in [-0.39, 0.29) is 53.7 Å². The quantitative estimate of drug-likeness (QED) is 0.434. The van der Waals surface area contributed by atoms with Crippen molar-refractivity contribution in [1.29, 1.82) is 0 Å². The van der Waals surface area contributed by atoms with Crippen molar-refractivity contribution in [2.24, 2.45) is 0 Å². The van der Waals surface area contributed by atoms with Gasteiger partial charge < -0.3 is 9.47 Å². The minimum absolute atomic E-state index is 0.00341. The van der Waals surface area contributed by atoms with Gasteiger partial charge in [0.2, 0.25) is 10.0 Å². The van der Waals surface area contributed by atoms with Crippen LogP contribution in [0.15, 0.2) is 66.0 Å². The predicted molar refractivity (Wildman–Crippen MR) is 124 cm³/mol. The number of morpholine rings is 1. The number of hydrogen-bond donors (Lipinski definition) is 1. The van der Waals surface area contributed by atoms with E-state index in [1.54, 1.807) is 6.07 Å². The minimum atomic E-state index is -3.99. The Labute approximate surface area is 204 Å². The molecule has 1 aliphatic rings. The molecule has 1 amide bonds. The third-order valence-electron chi connectivity index (χ3n) is 5.45. The topological polar surface area (TPSA) is 116 Å². The summed E-state index contributed by atoms with van der Waals surface area (Å²) in [7, 11) is -3.99. The number of nitrogens with one attached hydrogen (secondary N) is 1. The molecule has 0 bridgehead atoms. The SMILES string of the molecule is O=C(Nn1cc(S(=O)(=O)N2CCOCC2)c2cc(F)ccc21)Oc1cnc(-c2cccc(F)c2)nc1. The highest BCUT2D eigenvalue weighted by molar-refractivity contribution is 7.89. The van der Waals surface area contributed by atoms with Gasteiger partial charge in [-0.2, -0.15) is 4.31 Å². The number of carbonyl (C=O) groups is 1.